The molecule has 0 fully saturated rings. The highest BCUT2D eigenvalue weighted by Crippen LogP contribution is 2.30. The molecule has 0 radical (unpaired) electrons. The molecule has 1 heterocycles. The fourth-order valence-corrected chi connectivity index (χ4v) is 2.95. The van der Waals surface area contributed by atoms with Crippen molar-refractivity contribution in [2.75, 3.05) is 6.54 Å². The van der Waals surface area contributed by atoms with Crippen LogP contribution in [0.5, 0.6) is 0 Å². The van der Waals surface area contributed by atoms with Gasteiger partial charge in [-0.15, -0.1) is 0 Å². The first-order valence-electron chi connectivity index (χ1n) is 7.98. The number of hydrogen-bond donors (Lipinski definition) is 1. The van der Waals surface area contributed by atoms with Crippen LogP contribution < -0.4 is 0 Å². The van der Waals surface area contributed by atoms with Crippen molar-refractivity contribution in [2.45, 2.75) is 58.6 Å². The molecule has 1 atom stereocenters. The molecular weight excluding hydrogens is 294 g/mol. The van der Waals surface area contributed by atoms with Crippen LogP contribution in [0.1, 0.15) is 56.7 Å². The summed E-state index contributed by atoms with van der Waals surface area (Å²) in [5, 5.41) is 9.00. The Bertz CT molecular complexity index is 604. The maximum absolute atomic E-state index is 12.2. The number of fused-ring (bicyclic) bond motifs is 1. The Morgan fingerprint density at radius 1 is 1.35 bits per heavy atom. The fraction of sp³-hybridized carbons (Fsp3) is 0.556. The van der Waals surface area contributed by atoms with Crippen LogP contribution in [0, 0.1) is 0 Å². The van der Waals surface area contributed by atoms with Crippen molar-refractivity contribution >= 4 is 12.1 Å². The summed E-state index contributed by atoms with van der Waals surface area (Å²) in [5.41, 5.74) is 2.83. The summed E-state index contributed by atoms with van der Waals surface area (Å²) in [6, 6.07) is 5.93. The molecule has 0 saturated heterocycles. The molecule has 5 heteroatoms. The minimum atomic E-state index is -0.790. The van der Waals surface area contributed by atoms with E-state index in [-0.39, 0.29) is 18.4 Å². The number of carboxylic acid groups (broad SMARTS) is 1. The second kappa shape index (κ2) is 6.60. The van der Waals surface area contributed by atoms with E-state index in [1.54, 1.807) is 4.90 Å². The molecule has 1 amide bonds. The largest absolute Gasteiger partial charge is 0.481 e. The molecule has 2 rings (SSSR count). The van der Waals surface area contributed by atoms with E-state index in [0.29, 0.717) is 13.1 Å². The number of hydrogen-bond acceptors (Lipinski definition) is 3. The Kier molecular flexibility index (Phi) is 4.97. The van der Waals surface area contributed by atoms with Crippen LogP contribution in [0.25, 0.3) is 0 Å². The molecule has 0 bridgehead atoms. The monoisotopic (exact) mass is 319 g/mol. The molecule has 126 valence electrons. The number of nitrogens with zero attached hydrogens (tertiary/aromatic N) is 1. The summed E-state index contributed by atoms with van der Waals surface area (Å²) in [4.78, 5) is 24.9. The molecule has 0 unspecified atom stereocenters. The fourth-order valence-electron chi connectivity index (χ4n) is 2.95. The molecule has 1 N–H and O–H groups in total. The molecule has 5 nitrogen and oxygen atoms in total. The lowest BCUT2D eigenvalue weighted by Crippen LogP contribution is -2.40. The van der Waals surface area contributed by atoms with E-state index < -0.39 is 11.6 Å². The number of carbonyl (C=O) groups excluding carboxylic acids is 1. The van der Waals surface area contributed by atoms with Crippen molar-refractivity contribution in [3.8, 4) is 0 Å². The van der Waals surface area contributed by atoms with E-state index >= 15 is 0 Å². The topological polar surface area (TPSA) is 66.8 Å². The highest BCUT2D eigenvalue weighted by atomic mass is 16.6. The molecular formula is C18H25NO4. The van der Waals surface area contributed by atoms with E-state index in [1.165, 1.54) is 5.56 Å². The van der Waals surface area contributed by atoms with Gasteiger partial charge in [0.1, 0.15) is 5.60 Å². The van der Waals surface area contributed by atoms with Gasteiger partial charge < -0.3 is 14.7 Å². The van der Waals surface area contributed by atoms with Crippen LogP contribution in [0.4, 0.5) is 4.79 Å². The van der Waals surface area contributed by atoms with E-state index in [2.05, 4.69) is 0 Å². The van der Waals surface area contributed by atoms with Crippen molar-refractivity contribution < 1.29 is 19.4 Å². The zero-order chi connectivity index (χ0) is 17.2. The Balaban J connectivity index is 2.16. The quantitative estimate of drug-likeness (QED) is 0.925. The second-order valence-corrected chi connectivity index (χ2v) is 7.14. The number of carboxylic acids is 1. The minimum Gasteiger partial charge on any atom is -0.481 e. The van der Waals surface area contributed by atoms with Gasteiger partial charge in [0.25, 0.3) is 0 Å². The average Bonchev–Trinajstić information content (AvgIpc) is 2.43. The molecule has 0 aromatic heterocycles. The average molecular weight is 319 g/mol. The molecule has 0 spiro atoms. The maximum Gasteiger partial charge on any atom is 0.410 e. The van der Waals surface area contributed by atoms with Crippen molar-refractivity contribution in [1.82, 2.24) is 4.90 Å². The summed E-state index contributed by atoms with van der Waals surface area (Å²) >= 11 is 0. The van der Waals surface area contributed by atoms with Crippen LogP contribution in [-0.2, 0) is 22.5 Å². The standard InChI is InChI=1S/C18H25NO4/c1-12(10-16(20)21)14-7-5-6-13-11-19(9-8-15(13)14)17(22)23-18(2,3)4/h5-7,12H,8-11H2,1-4H3,(H,20,21)/t12-/m1/s1. The van der Waals surface area contributed by atoms with Crippen LogP contribution in [0.15, 0.2) is 18.2 Å². The minimum absolute atomic E-state index is 0.0319. The molecule has 0 aliphatic carbocycles. The van der Waals surface area contributed by atoms with Gasteiger partial charge in [-0.1, -0.05) is 25.1 Å². The van der Waals surface area contributed by atoms with Gasteiger partial charge >= 0.3 is 12.1 Å². The van der Waals surface area contributed by atoms with E-state index in [9.17, 15) is 9.59 Å². The highest BCUT2D eigenvalue weighted by molar-refractivity contribution is 5.69. The number of rotatable bonds is 3. The summed E-state index contributed by atoms with van der Waals surface area (Å²) in [5.74, 6) is -0.822. The van der Waals surface area contributed by atoms with Crippen LogP contribution in [0.3, 0.4) is 0 Å². The van der Waals surface area contributed by atoms with E-state index in [0.717, 1.165) is 17.5 Å². The highest BCUT2D eigenvalue weighted by Gasteiger charge is 2.27. The predicted octanol–water partition coefficient (Wildman–Crippen LogP) is 3.56. The van der Waals surface area contributed by atoms with Crippen LogP contribution >= 0.6 is 0 Å². The third-order valence-electron chi connectivity index (χ3n) is 3.97. The zero-order valence-corrected chi connectivity index (χ0v) is 14.3. The summed E-state index contributed by atoms with van der Waals surface area (Å²) in [6.07, 6.45) is 0.549. The van der Waals surface area contributed by atoms with Gasteiger partial charge in [0.2, 0.25) is 0 Å². The van der Waals surface area contributed by atoms with Crippen molar-refractivity contribution in [2.24, 2.45) is 0 Å². The Morgan fingerprint density at radius 3 is 2.65 bits per heavy atom. The SMILES string of the molecule is C[C@H](CC(=O)O)c1cccc2c1CCN(C(=O)OC(C)(C)C)C2. The molecule has 0 saturated carbocycles. The lowest BCUT2D eigenvalue weighted by molar-refractivity contribution is -0.137. The molecule has 1 aliphatic heterocycles. The van der Waals surface area contributed by atoms with Gasteiger partial charge in [-0.2, -0.15) is 0 Å². The smallest absolute Gasteiger partial charge is 0.410 e. The second-order valence-electron chi connectivity index (χ2n) is 7.14. The number of benzene rings is 1. The van der Waals surface area contributed by atoms with E-state index in [4.69, 9.17) is 9.84 Å². The van der Waals surface area contributed by atoms with Gasteiger partial charge in [0.15, 0.2) is 0 Å². The van der Waals surface area contributed by atoms with Gasteiger partial charge in [-0.3, -0.25) is 4.79 Å². The normalized spacial score (nSPS) is 15.7. The van der Waals surface area contributed by atoms with Gasteiger partial charge in [0.05, 0.1) is 6.42 Å². The number of carbonyl (C=O) groups is 2. The van der Waals surface area contributed by atoms with Crippen molar-refractivity contribution in [3.05, 3.63) is 34.9 Å². The maximum atomic E-state index is 12.2. The Hall–Kier alpha value is -2.04. The van der Waals surface area contributed by atoms with Crippen LogP contribution in [0.2, 0.25) is 0 Å². The Morgan fingerprint density at radius 2 is 2.04 bits per heavy atom. The summed E-state index contributed by atoms with van der Waals surface area (Å²) in [7, 11) is 0. The number of aliphatic carboxylic acids is 1. The number of ether oxygens (including phenoxy) is 1. The molecule has 1 aromatic carbocycles. The third kappa shape index (κ3) is 4.47. The van der Waals surface area contributed by atoms with E-state index in [1.807, 2.05) is 45.9 Å². The van der Waals surface area contributed by atoms with Gasteiger partial charge in [-0.05, 0) is 49.8 Å². The summed E-state index contributed by atoms with van der Waals surface area (Å²) in [6.45, 7) is 8.61. The van der Waals surface area contributed by atoms with Crippen molar-refractivity contribution in [3.63, 3.8) is 0 Å². The molecule has 1 aliphatic rings. The first-order chi connectivity index (χ1) is 10.7. The summed E-state index contributed by atoms with van der Waals surface area (Å²) < 4.78 is 5.43. The first kappa shape index (κ1) is 17.3. The van der Waals surface area contributed by atoms with Gasteiger partial charge in [0, 0.05) is 13.1 Å². The predicted molar refractivity (Wildman–Crippen MR) is 87.5 cm³/mol. The zero-order valence-electron chi connectivity index (χ0n) is 14.3. The van der Waals surface area contributed by atoms with Crippen LogP contribution in [-0.4, -0.2) is 34.2 Å². The number of amides is 1. The third-order valence-corrected chi connectivity index (χ3v) is 3.97. The lowest BCUT2D eigenvalue weighted by Gasteiger charge is -2.32. The lowest BCUT2D eigenvalue weighted by atomic mass is 9.87. The van der Waals surface area contributed by atoms with Gasteiger partial charge in [-0.25, -0.2) is 4.79 Å². The Labute approximate surface area is 137 Å². The van der Waals surface area contributed by atoms with Crippen molar-refractivity contribution in [1.29, 1.82) is 0 Å². The molecule has 23 heavy (non-hydrogen) atoms. The first-order valence-corrected chi connectivity index (χ1v) is 7.98. The molecule has 1 aromatic rings.